The molecule has 1 aliphatic heterocycles. The van der Waals surface area contributed by atoms with Crippen LogP contribution >= 0.6 is 24.0 Å². The van der Waals surface area contributed by atoms with E-state index >= 15 is 0 Å². The van der Waals surface area contributed by atoms with E-state index in [1.54, 1.807) is 0 Å². The molecule has 1 aromatic carbocycles. The van der Waals surface area contributed by atoms with Gasteiger partial charge in [-0.2, -0.15) is 0 Å². The summed E-state index contributed by atoms with van der Waals surface area (Å²) in [7, 11) is 1.84. The number of hydrogen-bond acceptors (Lipinski definition) is 3. The van der Waals surface area contributed by atoms with Crippen molar-refractivity contribution < 1.29 is 4.74 Å². The highest BCUT2D eigenvalue weighted by Gasteiger charge is 2.29. The molecule has 0 unspecified atom stereocenters. The molecule has 1 fully saturated rings. The van der Waals surface area contributed by atoms with Gasteiger partial charge in [0.25, 0.3) is 0 Å². The Morgan fingerprint density at radius 3 is 2.68 bits per heavy atom. The Morgan fingerprint density at radius 2 is 1.96 bits per heavy atom. The van der Waals surface area contributed by atoms with Gasteiger partial charge in [-0.05, 0) is 56.6 Å². The van der Waals surface area contributed by atoms with Crippen molar-refractivity contribution in [1.29, 1.82) is 0 Å². The third-order valence-electron chi connectivity index (χ3n) is 5.71. The molecule has 0 saturated heterocycles. The van der Waals surface area contributed by atoms with Crippen LogP contribution in [0.4, 0.5) is 0 Å². The van der Waals surface area contributed by atoms with Crippen LogP contribution < -0.4 is 10.6 Å². The van der Waals surface area contributed by atoms with E-state index in [1.165, 1.54) is 24.0 Å². The van der Waals surface area contributed by atoms with Gasteiger partial charge in [0.1, 0.15) is 0 Å². The summed E-state index contributed by atoms with van der Waals surface area (Å²) in [6, 6.07) is 8.82. The summed E-state index contributed by atoms with van der Waals surface area (Å²) in [5.41, 5.74) is 3.03. The molecule has 1 saturated carbocycles. The molecule has 1 heterocycles. The Balaban J connectivity index is 0.00000280. The molecular formula is C22H37IN4O. The smallest absolute Gasteiger partial charge is 0.191 e. The molecule has 0 radical (unpaired) electrons. The summed E-state index contributed by atoms with van der Waals surface area (Å²) < 4.78 is 5.69. The Bertz CT molecular complexity index is 631. The Hall–Kier alpha value is -0.860. The Labute approximate surface area is 187 Å². The molecule has 0 bridgehead atoms. The van der Waals surface area contributed by atoms with Gasteiger partial charge < -0.3 is 15.4 Å². The van der Waals surface area contributed by atoms with Crippen LogP contribution in [0.2, 0.25) is 0 Å². The molecule has 2 N–H and O–H groups in total. The lowest BCUT2D eigenvalue weighted by Crippen LogP contribution is -2.54. The third kappa shape index (κ3) is 7.19. The molecule has 28 heavy (non-hydrogen) atoms. The highest BCUT2D eigenvalue weighted by molar-refractivity contribution is 14.0. The maximum Gasteiger partial charge on any atom is 0.191 e. The average Bonchev–Trinajstić information content (AvgIpc) is 3.51. The van der Waals surface area contributed by atoms with Crippen LogP contribution in [0.3, 0.4) is 0 Å². The van der Waals surface area contributed by atoms with Crippen LogP contribution in [0.5, 0.6) is 0 Å². The van der Waals surface area contributed by atoms with E-state index in [0.717, 1.165) is 64.1 Å². The second kappa shape index (κ2) is 11.4. The predicted molar refractivity (Wildman–Crippen MR) is 128 cm³/mol. The second-order valence-electron chi connectivity index (χ2n) is 8.48. The Kier molecular flexibility index (Phi) is 9.50. The summed E-state index contributed by atoms with van der Waals surface area (Å²) in [6.45, 7) is 10.3. The predicted octanol–water partition coefficient (Wildman–Crippen LogP) is 3.42. The molecule has 0 atom stereocenters. The zero-order valence-corrected chi connectivity index (χ0v) is 20.0. The summed E-state index contributed by atoms with van der Waals surface area (Å²) in [5, 5.41) is 6.91. The van der Waals surface area contributed by atoms with Crippen LogP contribution in [0.25, 0.3) is 0 Å². The first-order valence-electron chi connectivity index (χ1n) is 10.4. The number of ether oxygens (including phenoxy) is 1. The van der Waals surface area contributed by atoms with Crippen LogP contribution in [0.15, 0.2) is 29.3 Å². The minimum Gasteiger partial charge on any atom is -0.381 e. The molecular weight excluding hydrogens is 463 g/mol. The van der Waals surface area contributed by atoms with Gasteiger partial charge in [0, 0.05) is 52.0 Å². The van der Waals surface area contributed by atoms with Gasteiger partial charge >= 0.3 is 0 Å². The van der Waals surface area contributed by atoms with Crippen molar-refractivity contribution in [3.8, 4) is 0 Å². The van der Waals surface area contributed by atoms with Crippen LogP contribution in [0.1, 0.15) is 44.2 Å². The maximum atomic E-state index is 5.69. The molecule has 1 aliphatic carbocycles. The summed E-state index contributed by atoms with van der Waals surface area (Å²) in [4.78, 5) is 6.93. The van der Waals surface area contributed by atoms with E-state index in [4.69, 9.17) is 4.74 Å². The zero-order valence-electron chi connectivity index (χ0n) is 17.7. The highest BCUT2D eigenvalue weighted by atomic mass is 127. The van der Waals surface area contributed by atoms with Crippen LogP contribution in [-0.2, 0) is 17.7 Å². The van der Waals surface area contributed by atoms with E-state index < -0.39 is 0 Å². The number of guanidine groups is 1. The lowest BCUT2D eigenvalue weighted by Gasteiger charge is -2.42. The monoisotopic (exact) mass is 500 g/mol. The number of benzene rings is 1. The number of fused-ring (bicyclic) bond motifs is 1. The van der Waals surface area contributed by atoms with Crippen molar-refractivity contribution in [1.82, 2.24) is 15.5 Å². The number of halogens is 1. The van der Waals surface area contributed by atoms with E-state index in [2.05, 4.69) is 58.6 Å². The number of rotatable bonds is 9. The van der Waals surface area contributed by atoms with Gasteiger partial charge in [-0.25, -0.2) is 0 Å². The normalized spacial score (nSPS) is 17.6. The van der Waals surface area contributed by atoms with Gasteiger partial charge in [0.15, 0.2) is 5.96 Å². The van der Waals surface area contributed by atoms with E-state index in [1.807, 2.05) is 7.05 Å². The number of hydrogen-bond donors (Lipinski definition) is 2. The van der Waals surface area contributed by atoms with Gasteiger partial charge in [0.2, 0.25) is 0 Å². The van der Waals surface area contributed by atoms with Crippen LogP contribution in [0, 0.1) is 5.92 Å². The van der Waals surface area contributed by atoms with Crippen molar-refractivity contribution in [3.63, 3.8) is 0 Å². The molecule has 5 nitrogen and oxygen atoms in total. The summed E-state index contributed by atoms with van der Waals surface area (Å²) in [5.74, 6) is 1.72. The van der Waals surface area contributed by atoms with Crippen molar-refractivity contribution >= 4 is 29.9 Å². The minimum absolute atomic E-state index is 0. The fourth-order valence-electron chi connectivity index (χ4n) is 3.56. The molecule has 6 heteroatoms. The van der Waals surface area contributed by atoms with Gasteiger partial charge in [0.05, 0.1) is 0 Å². The maximum absolute atomic E-state index is 5.69. The van der Waals surface area contributed by atoms with Crippen molar-refractivity contribution in [2.24, 2.45) is 10.9 Å². The van der Waals surface area contributed by atoms with Crippen molar-refractivity contribution in [2.45, 2.75) is 51.6 Å². The number of nitrogens with one attached hydrogen (secondary N) is 2. The highest BCUT2D eigenvalue weighted by Crippen LogP contribution is 2.28. The topological polar surface area (TPSA) is 48.9 Å². The lowest BCUT2D eigenvalue weighted by molar-refractivity contribution is 0.107. The first-order valence-corrected chi connectivity index (χ1v) is 10.4. The zero-order chi connectivity index (χ0) is 19.1. The van der Waals surface area contributed by atoms with Gasteiger partial charge in [-0.1, -0.05) is 24.3 Å². The van der Waals surface area contributed by atoms with Gasteiger partial charge in [-0.3, -0.25) is 9.89 Å². The van der Waals surface area contributed by atoms with Crippen molar-refractivity contribution in [2.75, 3.05) is 39.9 Å². The molecule has 0 amide bonds. The number of nitrogens with zero attached hydrogens (tertiary/aromatic N) is 2. The molecule has 3 rings (SSSR count). The molecule has 158 valence electrons. The van der Waals surface area contributed by atoms with E-state index in [-0.39, 0.29) is 29.5 Å². The molecule has 1 aromatic rings. The fourth-order valence-corrected chi connectivity index (χ4v) is 3.56. The SMILES string of the molecule is CN=C(NCCCOCC1CC1)NCC(C)(C)N1CCc2ccccc2C1.I. The van der Waals surface area contributed by atoms with E-state index in [0.29, 0.717) is 0 Å². The molecule has 0 aromatic heterocycles. The average molecular weight is 500 g/mol. The third-order valence-corrected chi connectivity index (χ3v) is 5.71. The standard InChI is InChI=1S/C22H36N4O.HI/c1-22(2,26-13-11-19-7-4-5-8-20(19)15-26)17-25-21(23-3)24-12-6-14-27-16-18-9-10-18;/h4-5,7-8,18H,6,9-17H2,1-3H3,(H2,23,24,25);1H. The Morgan fingerprint density at radius 1 is 1.21 bits per heavy atom. The first-order chi connectivity index (χ1) is 13.1. The summed E-state index contributed by atoms with van der Waals surface area (Å²) >= 11 is 0. The second-order valence-corrected chi connectivity index (χ2v) is 8.48. The fraction of sp³-hybridized carbons (Fsp3) is 0.682. The van der Waals surface area contributed by atoms with Crippen LogP contribution in [-0.4, -0.2) is 56.3 Å². The largest absolute Gasteiger partial charge is 0.381 e. The molecule has 0 spiro atoms. The summed E-state index contributed by atoms with van der Waals surface area (Å²) in [6.07, 6.45) is 4.85. The first kappa shape index (κ1) is 23.4. The lowest BCUT2D eigenvalue weighted by atomic mass is 9.94. The quantitative estimate of drug-likeness (QED) is 0.236. The molecule has 2 aliphatic rings. The van der Waals surface area contributed by atoms with Gasteiger partial charge in [-0.15, -0.1) is 24.0 Å². The minimum atomic E-state index is 0. The van der Waals surface area contributed by atoms with E-state index in [9.17, 15) is 0 Å². The van der Waals surface area contributed by atoms with Crippen molar-refractivity contribution in [3.05, 3.63) is 35.4 Å². The number of aliphatic imine (C=N–C) groups is 1.